The van der Waals surface area contributed by atoms with Crippen LogP contribution in [0.3, 0.4) is 0 Å². The summed E-state index contributed by atoms with van der Waals surface area (Å²) in [6.45, 7) is 0. The van der Waals surface area contributed by atoms with Crippen molar-refractivity contribution in [2.24, 2.45) is 0 Å². The lowest BCUT2D eigenvalue weighted by molar-refractivity contribution is 0.580. The second-order valence-electron chi connectivity index (χ2n) is 6.40. The molecule has 0 aliphatic heterocycles. The zero-order valence-corrected chi connectivity index (χ0v) is 16.8. The first kappa shape index (κ1) is 18.9. The van der Waals surface area contributed by atoms with E-state index in [-0.39, 0.29) is 4.90 Å². The van der Waals surface area contributed by atoms with E-state index in [0.717, 1.165) is 5.69 Å². The van der Waals surface area contributed by atoms with Gasteiger partial charge in [0, 0.05) is 14.1 Å². The average molecular weight is 413 g/mol. The van der Waals surface area contributed by atoms with E-state index in [2.05, 4.69) is 30.2 Å². The number of nitrogens with one attached hydrogen (secondary N) is 3. The van der Waals surface area contributed by atoms with Crippen molar-refractivity contribution in [3.05, 3.63) is 42.9 Å². The zero-order valence-electron chi connectivity index (χ0n) is 16.0. The van der Waals surface area contributed by atoms with Gasteiger partial charge in [-0.25, -0.2) is 23.1 Å². The molecule has 0 radical (unpaired) electrons. The molecule has 0 spiro atoms. The molecule has 4 aromatic rings. The Bertz CT molecular complexity index is 1260. The van der Waals surface area contributed by atoms with Gasteiger partial charge in [0.25, 0.3) is 0 Å². The maximum Gasteiger partial charge on any atom is 0.240 e. The van der Waals surface area contributed by atoms with E-state index >= 15 is 0 Å². The summed E-state index contributed by atoms with van der Waals surface area (Å²) >= 11 is 0. The van der Waals surface area contributed by atoms with Gasteiger partial charge >= 0.3 is 0 Å². The minimum Gasteiger partial charge on any atom is -0.463 e. The Labute approximate surface area is 167 Å². The first-order valence-electron chi connectivity index (χ1n) is 8.65. The smallest absolute Gasteiger partial charge is 0.240 e. The lowest BCUT2D eigenvalue weighted by Gasteiger charge is -2.19. The van der Waals surface area contributed by atoms with Crippen LogP contribution in [0.5, 0.6) is 0 Å². The Morgan fingerprint density at radius 3 is 2.69 bits per heavy atom. The minimum atomic E-state index is -3.61. The number of sulfonamides is 1. The molecule has 150 valence electrons. The third kappa shape index (κ3) is 3.41. The van der Waals surface area contributed by atoms with Gasteiger partial charge < -0.3 is 14.6 Å². The number of aromatic amines is 1. The number of hydrogen-bond donors (Lipinski definition) is 3. The molecule has 10 nitrogen and oxygen atoms in total. The van der Waals surface area contributed by atoms with Gasteiger partial charge in [-0.1, -0.05) is 0 Å². The molecule has 11 heteroatoms. The highest BCUT2D eigenvalue weighted by molar-refractivity contribution is 7.89. The van der Waals surface area contributed by atoms with Gasteiger partial charge in [0.2, 0.25) is 10.0 Å². The third-order valence-electron chi connectivity index (χ3n) is 4.40. The highest BCUT2D eigenvalue weighted by atomic mass is 32.2. The number of benzene rings is 1. The highest BCUT2D eigenvalue weighted by Crippen LogP contribution is 2.35. The molecule has 3 N–H and O–H groups in total. The van der Waals surface area contributed by atoms with Crippen LogP contribution < -0.4 is 14.9 Å². The fourth-order valence-corrected chi connectivity index (χ4v) is 3.72. The number of rotatable bonds is 6. The summed E-state index contributed by atoms with van der Waals surface area (Å²) in [6.07, 6.45) is 2.95. The first-order chi connectivity index (χ1) is 13.9. The number of furan rings is 1. The Kier molecular flexibility index (Phi) is 4.68. The number of nitrogens with zero attached hydrogens (tertiary/aromatic N) is 4. The van der Waals surface area contributed by atoms with Crippen LogP contribution in [0, 0.1) is 0 Å². The number of anilines is 3. The van der Waals surface area contributed by atoms with Crippen molar-refractivity contribution in [1.29, 1.82) is 0 Å². The molecule has 0 aliphatic carbocycles. The van der Waals surface area contributed by atoms with E-state index < -0.39 is 10.0 Å². The maximum absolute atomic E-state index is 12.3. The molecule has 0 aliphatic rings. The monoisotopic (exact) mass is 413 g/mol. The molecule has 0 saturated carbocycles. The zero-order chi connectivity index (χ0) is 20.6. The molecular formula is C18H19N7O3S. The molecular weight excluding hydrogens is 394 g/mol. The number of H-pyrrole nitrogens is 1. The summed E-state index contributed by atoms with van der Waals surface area (Å²) in [5.74, 6) is 1.06. The van der Waals surface area contributed by atoms with Crippen molar-refractivity contribution in [1.82, 2.24) is 24.9 Å². The van der Waals surface area contributed by atoms with E-state index in [4.69, 9.17) is 4.42 Å². The summed E-state index contributed by atoms with van der Waals surface area (Å²) in [4.78, 5) is 10.6. The molecule has 0 fully saturated rings. The summed E-state index contributed by atoms with van der Waals surface area (Å²) in [6, 6.07) is 8.41. The third-order valence-corrected chi connectivity index (χ3v) is 5.81. The second kappa shape index (κ2) is 7.18. The Balaban J connectivity index is 1.87. The molecule has 0 unspecified atom stereocenters. The largest absolute Gasteiger partial charge is 0.463 e. The van der Waals surface area contributed by atoms with Crippen molar-refractivity contribution < 1.29 is 12.8 Å². The molecule has 0 bridgehead atoms. The highest BCUT2D eigenvalue weighted by Gasteiger charge is 2.19. The van der Waals surface area contributed by atoms with Gasteiger partial charge in [-0.05, 0) is 37.4 Å². The summed E-state index contributed by atoms with van der Waals surface area (Å²) in [5.41, 5.74) is 2.44. The Morgan fingerprint density at radius 2 is 2.00 bits per heavy atom. The van der Waals surface area contributed by atoms with Crippen LogP contribution in [0.25, 0.3) is 22.5 Å². The number of hydrogen-bond acceptors (Lipinski definition) is 8. The lowest BCUT2D eigenvalue weighted by Crippen LogP contribution is -2.19. The molecule has 0 amide bonds. The number of aromatic nitrogens is 4. The van der Waals surface area contributed by atoms with Crippen LogP contribution in [-0.4, -0.2) is 49.7 Å². The second-order valence-corrected chi connectivity index (χ2v) is 8.29. The van der Waals surface area contributed by atoms with Gasteiger partial charge in [-0.3, -0.25) is 5.10 Å². The predicted octanol–water partition coefficient (Wildman–Crippen LogP) is 2.33. The van der Waals surface area contributed by atoms with Gasteiger partial charge in [0.15, 0.2) is 11.4 Å². The van der Waals surface area contributed by atoms with Gasteiger partial charge in [-0.2, -0.15) is 5.10 Å². The van der Waals surface area contributed by atoms with E-state index in [1.807, 2.05) is 19.0 Å². The first-order valence-corrected chi connectivity index (χ1v) is 10.1. The van der Waals surface area contributed by atoms with Crippen LogP contribution in [0.1, 0.15) is 0 Å². The molecule has 29 heavy (non-hydrogen) atoms. The van der Waals surface area contributed by atoms with Crippen LogP contribution in [-0.2, 0) is 10.0 Å². The van der Waals surface area contributed by atoms with Crippen molar-refractivity contribution in [2.45, 2.75) is 4.90 Å². The van der Waals surface area contributed by atoms with E-state index in [1.54, 1.807) is 36.6 Å². The molecule has 3 aromatic heterocycles. The van der Waals surface area contributed by atoms with E-state index in [1.165, 1.54) is 13.4 Å². The van der Waals surface area contributed by atoms with Crippen LogP contribution in [0.4, 0.5) is 17.2 Å². The summed E-state index contributed by atoms with van der Waals surface area (Å²) < 4.78 is 32.3. The van der Waals surface area contributed by atoms with Crippen molar-refractivity contribution in [3.8, 4) is 11.5 Å². The Morgan fingerprint density at radius 1 is 1.17 bits per heavy atom. The quantitative estimate of drug-likeness (QED) is 0.439. The molecule has 0 atom stereocenters. The molecule has 3 heterocycles. The van der Waals surface area contributed by atoms with Crippen LogP contribution >= 0.6 is 0 Å². The minimum absolute atomic E-state index is 0.136. The van der Waals surface area contributed by atoms with Crippen molar-refractivity contribution >= 4 is 38.2 Å². The van der Waals surface area contributed by atoms with Gasteiger partial charge in [0.05, 0.1) is 27.9 Å². The Hall–Kier alpha value is -3.44. The number of fused-ring (bicyclic) bond motifs is 1. The molecule has 1 aromatic carbocycles. The van der Waals surface area contributed by atoms with E-state index in [0.29, 0.717) is 34.0 Å². The van der Waals surface area contributed by atoms with Gasteiger partial charge in [0.1, 0.15) is 17.8 Å². The van der Waals surface area contributed by atoms with Crippen molar-refractivity contribution in [2.75, 3.05) is 31.4 Å². The molecule has 4 rings (SSSR count). The standard InChI is InChI=1S/C18H19N7O3S/c1-19-29(26,27)11-6-7-13(25(2)3)12(9-11)22-17-15-16(14-5-4-8-28-14)23-24-18(15)21-10-20-17/h4-10,19H,1-3H3,(H2,20,21,22,23,24). The lowest BCUT2D eigenvalue weighted by atomic mass is 10.2. The van der Waals surface area contributed by atoms with Crippen LogP contribution in [0.2, 0.25) is 0 Å². The fourth-order valence-electron chi connectivity index (χ4n) is 2.97. The van der Waals surface area contributed by atoms with Crippen LogP contribution in [0.15, 0.2) is 52.2 Å². The predicted molar refractivity (Wildman–Crippen MR) is 110 cm³/mol. The van der Waals surface area contributed by atoms with E-state index in [9.17, 15) is 8.42 Å². The maximum atomic E-state index is 12.3. The SMILES string of the molecule is CNS(=O)(=O)c1ccc(N(C)C)c(Nc2ncnc3n[nH]c(-c4ccco4)c23)c1. The van der Waals surface area contributed by atoms with Gasteiger partial charge in [-0.15, -0.1) is 0 Å². The average Bonchev–Trinajstić information content (AvgIpc) is 3.37. The normalized spacial score (nSPS) is 11.7. The fraction of sp³-hybridized carbons (Fsp3) is 0.167. The summed E-state index contributed by atoms with van der Waals surface area (Å²) in [5, 5.41) is 11.0. The summed E-state index contributed by atoms with van der Waals surface area (Å²) in [7, 11) is 1.51. The van der Waals surface area contributed by atoms with Crippen molar-refractivity contribution in [3.63, 3.8) is 0 Å². The molecule has 0 saturated heterocycles. The topological polar surface area (TPSA) is 129 Å².